The van der Waals surface area contributed by atoms with Crippen molar-refractivity contribution in [2.75, 3.05) is 0 Å². The highest BCUT2D eigenvalue weighted by Gasteiger charge is 2.37. The molecule has 0 bridgehead atoms. The highest BCUT2D eigenvalue weighted by molar-refractivity contribution is 5.93. The van der Waals surface area contributed by atoms with Crippen LogP contribution in [0.1, 0.15) is 29.8 Å². The first-order valence-corrected chi connectivity index (χ1v) is 4.64. The minimum Gasteiger partial charge on any atom is -0.481 e. The topological polar surface area (TPSA) is 74.6 Å². The van der Waals surface area contributed by atoms with E-state index in [1.54, 1.807) is 0 Å². The summed E-state index contributed by atoms with van der Waals surface area (Å²) in [6, 6.07) is 1.36. The number of hydrogen-bond acceptors (Lipinski definition) is 2. The third-order valence-electron chi connectivity index (χ3n) is 2.48. The number of halogens is 2. The predicted octanol–water partition coefficient (Wildman–Crippen LogP) is 2.03. The largest absolute Gasteiger partial charge is 0.481 e. The maximum atomic E-state index is 13.6. The molecule has 0 aliphatic rings. The number of carboxylic acids is 2. The first kappa shape index (κ1) is 13.1. The van der Waals surface area contributed by atoms with E-state index < -0.39 is 40.1 Å². The minimum atomic E-state index is -1.83. The molecule has 0 unspecified atom stereocenters. The molecule has 0 atom stereocenters. The van der Waals surface area contributed by atoms with Crippen molar-refractivity contribution >= 4 is 11.9 Å². The Morgan fingerprint density at radius 3 is 2.00 bits per heavy atom. The van der Waals surface area contributed by atoms with Gasteiger partial charge in [0.2, 0.25) is 0 Å². The number of rotatable bonds is 3. The van der Waals surface area contributed by atoms with Crippen LogP contribution in [0.2, 0.25) is 0 Å². The van der Waals surface area contributed by atoms with Crippen LogP contribution in [0.4, 0.5) is 8.78 Å². The van der Waals surface area contributed by atoms with Crippen LogP contribution in [0.15, 0.2) is 12.1 Å². The van der Waals surface area contributed by atoms with Crippen LogP contribution < -0.4 is 0 Å². The van der Waals surface area contributed by atoms with Gasteiger partial charge in [-0.1, -0.05) is 0 Å². The molecule has 0 heterocycles. The summed E-state index contributed by atoms with van der Waals surface area (Å²) in [5, 5.41) is 17.8. The van der Waals surface area contributed by atoms with Crippen molar-refractivity contribution in [3.8, 4) is 0 Å². The molecular formula is C11H10F2O4. The van der Waals surface area contributed by atoms with Crippen LogP contribution >= 0.6 is 0 Å². The third-order valence-corrected chi connectivity index (χ3v) is 2.48. The van der Waals surface area contributed by atoms with E-state index in [0.717, 1.165) is 13.8 Å². The maximum absolute atomic E-state index is 13.6. The van der Waals surface area contributed by atoms with Crippen molar-refractivity contribution in [3.63, 3.8) is 0 Å². The van der Waals surface area contributed by atoms with Crippen molar-refractivity contribution in [2.24, 2.45) is 0 Å². The Morgan fingerprint density at radius 2 is 1.59 bits per heavy atom. The van der Waals surface area contributed by atoms with Crippen molar-refractivity contribution in [1.29, 1.82) is 0 Å². The highest BCUT2D eigenvalue weighted by atomic mass is 19.1. The fraction of sp³-hybridized carbons (Fsp3) is 0.273. The van der Waals surface area contributed by atoms with Gasteiger partial charge < -0.3 is 10.2 Å². The predicted molar refractivity (Wildman–Crippen MR) is 54.0 cm³/mol. The molecule has 0 aromatic heterocycles. The molecule has 6 heteroatoms. The summed E-state index contributed by atoms with van der Waals surface area (Å²) in [7, 11) is 0. The number of aliphatic carboxylic acids is 1. The van der Waals surface area contributed by atoms with Crippen molar-refractivity contribution < 1.29 is 28.6 Å². The standard InChI is InChI=1S/C11H10F2O4/c1-11(2,10(16)17)8-6(13)4-3-5(12)7(8)9(14)15/h3-4H,1-2H3,(H,14,15)(H,16,17). The van der Waals surface area contributed by atoms with Gasteiger partial charge in [-0.2, -0.15) is 0 Å². The quantitative estimate of drug-likeness (QED) is 0.853. The number of hydrogen-bond donors (Lipinski definition) is 2. The van der Waals surface area contributed by atoms with E-state index in [1.807, 2.05) is 0 Å². The summed E-state index contributed by atoms with van der Waals surface area (Å²) < 4.78 is 26.9. The van der Waals surface area contributed by atoms with Gasteiger partial charge in [-0.05, 0) is 26.0 Å². The molecule has 0 radical (unpaired) electrons. The summed E-state index contributed by atoms with van der Waals surface area (Å²) in [4.78, 5) is 21.8. The first-order chi connectivity index (χ1) is 7.69. The minimum absolute atomic E-state index is 0.653. The van der Waals surface area contributed by atoms with E-state index in [0.29, 0.717) is 12.1 Å². The zero-order valence-corrected chi connectivity index (χ0v) is 9.12. The summed E-state index contributed by atoms with van der Waals surface area (Å²) in [5.41, 5.74) is -3.45. The lowest BCUT2D eigenvalue weighted by Gasteiger charge is -2.22. The Labute approximate surface area is 95.5 Å². The fourth-order valence-electron chi connectivity index (χ4n) is 1.48. The lowest BCUT2D eigenvalue weighted by atomic mass is 9.81. The second kappa shape index (κ2) is 4.12. The number of carboxylic acid groups (broad SMARTS) is 2. The summed E-state index contributed by atoms with van der Waals surface area (Å²) in [5.74, 6) is -5.37. The van der Waals surface area contributed by atoms with Crippen LogP contribution in [-0.4, -0.2) is 22.2 Å². The van der Waals surface area contributed by atoms with Crippen molar-refractivity contribution in [3.05, 3.63) is 34.9 Å². The van der Waals surface area contributed by atoms with E-state index in [2.05, 4.69) is 0 Å². The SMILES string of the molecule is CC(C)(C(=O)O)c1c(F)ccc(F)c1C(=O)O. The molecule has 0 spiro atoms. The lowest BCUT2D eigenvalue weighted by Crippen LogP contribution is -2.32. The zero-order chi connectivity index (χ0) is 13.4. The van der Waals surface area contributed by atoms with Gasteiger partial charge in [0.25, 0.3) is 0 Å². The van der Waals surface area contributed by atoms with Crippen molar-refractivity contribution in [2.45, 2.75) is 19.3 Å². The average Bonchev–Trinajstić information content (AvgIpc) is 2.19. The molecule has 0 saturated carbocycles. The smallest absolute Gasteiger partial charge is 0.339 e. The van der Waals surface area contributed by atoms with Crippen LogP contribution in [0.25, 0.3) is 0 Å². The summed E-state index contributed by atoms with van der Waals surface area (Å²) in [6.07, 6.45) is 0. The second-order valence-corrected chi connectivity index (χ2v) is 4.01. The average molecular weight is 244 g/mol. The molecule has 0 saturated heterocycles. The Kier molecular flexibility index (Phi) is 3.17. The molecule has 1 aromatic carbocycles. The molecule has 0 fully saturated rings. The molecule has 0 aliphatic heterocycles. The van der Waals surface area contributed by atoms with Crippen LogP contribution in [-0.2, 0) is 10.2 Å². The van der Waals surface area contributed by atoms with Crippen LogP contribution in [0.3, 0.4) is 0 Å². The van der Waals surface area contributed by atoms with Gasteiger partial charge >= 0.3 is 11.9 Å². The Balaban J connectivity index is 3.68. The van der Waals surface area contributed by atoms with E-state index in [4.69, 9.17) is 10.2 Å². The summed E-state index contributed by atoms with van der Waals surface area (Å²) >= 11 is 0. The normalized spacial score (nSPS) is 11.3. The first-order valence-electron chi connectivity index (χ1n) is 4.64. The van der Waals surface area contributed by atoms with E-state index in [9.17, 15) is 18.4 Å². The Hall–Kier alpha value is -1.98. The second-order valence-electron chi connectivity index (χ2n) is 4.01. The van der Waals surface area contributed by atoms with Crippen LogP contribution in [0.5, 0.6) is 0 Å². The Morgan fingerprint density at radius 1 is 1.12 bits per heavy atom. The fourth-order valence-corrected chi connectivity index (χ4v) is 1.48. The van der Waals surface area contributed by atoms with E-state index >= 15 is 0 Å². The highest BCUT2D eigenvalue weighted by Crippen LogP contribution is 2.31. The maximum Gasteiger partial charge on any atom is 0.339 e. The molecule has 2 N–H and O–H groups in total. The molecule has 17 heavy (non-hydrogen) atoms. The molecule has 1 aromatic rings. The third kappa shape index (κ3) is 2.11. The number of aromatic carboxylic acids is 1. The van der Waals surface area contributed by atoms with E-state index in [-0.39, 0.29) is 0 Å². The lowest BCUT2D eigenvalue weighted by molar-refractivity contribution is -0.142. The van der Waals surface area contributed by atoms with Crippen LogP contribution in [0, 0.1) is 11.6 Å². The Bertz CT molecular complexity index is 494. The molecule has 0 amide bonds. The van der Waals surface area contributed by atoms with E-state index in [1.165, 1.54) is 0 Å². The van der Waals surface area contributed by atoms with Gasteiger partial charge in [0.15, 0.2) is 0 Å². The number of carbonyl (C=O) groups is 2. The number of benzene rings is 1. The van der Waals surface area contributed by atoms with Gasteiger partial charge in [-0.15, -0.1) is 0 Å². The molecule has 92 valence electrons. The molecule has 0 aliphatic carbocycles. The molecular weight excluding hydrogens is 234 g/mol. The van der Waals surface area contributed by atoms with Gasteiger partial charge in [0.05, 0.1) is 5.41 Å². The van der Waals surface area contributed by atoms with Crippen molar-refractivity contribution in [1.82, 2.24) is 0 Å². The molecule has 4 nitrogen and oxygen atoms in total. The van der Waals surface area contributed by atoms with Gasteiger partial charge in [0, 0.05) is 5.56 Å². The summed E-state index contributed by atoms with van der Waals surface area (Å²) in [6.45, 7) is 2.22. The molecule has 1 rings (SSSR count). The van der Waals surface area contributed by atoms with Gasteiger partial charge in [-0.25, -0.2) is 13.6 Å². The van der Waals surface area contributed by atoms with Gasteiger partial charge in [-0.3, -0.25) is 4.79 Å². The van der Waals surface area contributed by atoms with Gasteiger partial charge in [0.1, 0.15) is 17.2 Å². The zero-order valence-electron chi connectivity index (χ0n) is 9.12. The monoisotopic (exact) mass is 244 g/mol.